The number of pyridine rings is 1. The van der Waals surface area contributed by atoms with Gasteiger partial charge in [0.2, 0.25) is 0 Å². The van der Waals surface area contributed by atoms with Crippen molar-refractivity contribution in [2.24, 2.45) is 0 Å². The molecule has 0 atom stereocenters. The summed E-state index contributed by atoms with van der Waals surface area (Å²) in [6.07, 6.45) is 4.02. The molecule has 3 nitrogen and oxygen atoms in total. The lowest BCUT2D eigenvalue weighted by Crippen LogP contribution is -2.23. The van der Waals surface area contributed by atoms with E-state index in [9.17, 15) is 0 Å². The van der Waals surface area contributed by atoms with Gasteiger partial charge in [0, 0.05) is 17.6 Å². The number of nitrogens with one attached hydrogen (secondary N) is 1. The van der Waals surface area contributed by atoms with Gasteiger partial charge < -0.3 is 10.1 Å². The predicted octanol–water partition coefficient (Wildman–Crippen LogP) is 3.39. The Morgan fingerprint density at radius 3 is 2.89 bits per heavy atom. The summed E-state index contributed by atoms with van der Waals surface area (Å²) in [6, 6.07) is 10.6. The molecular formula is C16H22N2O. The van der Waals surface area contributed by atoms with Crippen molar-refractivity contribution >= 4 is 10.9 Å². The second-order valence-electron chi connectivity index (χ2n) is 4.99. The third-order valence-electron chi connectivity index (χ3n) is 2.99. The van der Waals surface area contributed by atoms with E-state index in [0.29, 0.717) is 6.04 Å². The first-order chi connectivity index (χ1) is 9.27. The van der Waals surface area contributed by atoms with E-state index < -0.39 is 0 Å². The molecule has 0 spiro atoms. The minimum Gasteiger partial charge on any atom is -0.493 e. The van der Waals surface area contributed by atoms with Gasteiger partial charge in [-0.1, -0.05) is 19.9 Å². The van der Waals surface area contributed by atoms with Crippen molar-refractivity contribution in [3.05, 3.63) is 36.5 Å². The first-order valence-corrected chi connectivity index (χ1v) is 6.97. The van der Waals surface area contributed by atoms with Crippen molar-refractivity contribution in [1.29, 1.82) is 0 Å². The summed E-state index contributed by atoms with van der Waals surface area (Å²) >= 11 is 0. The van der Waals surface area contributed by atoms with Crippen LogP contribution in [0.25, 0.3) is 10.9 Å². The molecule has 1 heterocycles. The third kappa shape index (κ3) is 4.21. The fraction of sp³-hybridized carbons (Fsp3) is 0.438. The van der Waals surface area contributed by atoms with Crippen LogP contribution in [0.5, 0.6) is 5.75 Å². The van der Waals surface area contributed by atoms with Crippen LogP contribution in [0.3, 0.4) is 0 Å². The summed E-state index contributed by atoms with van der Waals surface area (Å²) < 4.78 is 5.86. The zero-order chi connectivity index (χ0) is 13.5. The molecule has 0 aliphatic rings. The van der Waals surface area contributed by atoms with Crippen molar-refractivity contribution in [1.82, 2.24) is 10.3 Å². The molecule has 1 N–H and O–H groups in total. The lowest BCUT2D eigenvalue weighted by Gasteiger charge is -2.10. The van der Waals surface area contributed by atoms with Gasteiger partial charge in [-0.15, -0.1) is 0 Å². The molecule has 0 saturated carbocycles. The molecule has 2 rings (SSSR count). The summed E-state index contributed by atoms with van der Waals surface area (Å²) in [6.45, 7) is 6.14. The maximum absolute atomic E-state index is 5.86. The maximum atomic E-state index is 5.86. The number of aromatic nitrogens is 1. The summed E-state index contributed by atoms with van der Waals surface area (Å²) in [4.78, 5) is 4.33. The molecule has 0 radical (unpaired) electrons. The highest BCUT2D eigenvalue weighted by atomic mass is 16.5. The zero-order valence-corrected chi connectivity index (χ0v) is 11.7. The third-order valence-corrected chi connectivity index (χ3v) is 2.99. The Balaban J connectivity index is 1.82. The number of unbranched alkanes of at least 4 members (excludes halogenated alkanes) is 1. The minimum atomic E-state index is 0.560. The molecule has 0 aliphatic carbocycles. The number of ether oxygens (including phenoxy) is 1. The van der Waals surface area contributed by atoms with E-state index in [1.165, 1.54) is 0 Å². The molecule has 2 aromatic rings. The Kier molecular flexibility index (Phi) is 5.16. The van der Waals surface area contributed by atoms with Crippen LogP contribution >= 0.6 is 0 Å². The van der Waals surface area contributed by atoms with E-state index in [-0.39, 0.29) is 0 Å². The molecule has 1 aromatic carbocycles. The quantitative estimate of drug-likeness (QED) is 0.773. The molecule has 0 amide bonds. The highest BCUT2D eigenvalue weighted by Gasteiger charge is 2.01. The van der Waals surface area contributed by atoms with Crippen LogP contribution < -0.4 is 10.1 Å². The van der Waals surface area contributed by atoms with Crippen LogP contribution in [0.1, 0.15) is 26.7 Å². The number of hydrogen-bond donors (Lipinski definition) is 1. The molecule has 3 heteroatoms. The van der Waals surface area contributed by atoms with Crippen molar-refractivity contribution in [2.75, 3.05) is 13.2 Å². The number of nitrogens with zero attached hydrogens (tertiary/aromatic N) is 1. The van der Waals surface area contributed by atoms with E-state index in [0.717, 1.165) is 42.6 Å². The Labute approximate surface area is 115 Å². The highest BCUT2D eigenvalue weighted by molar-refractivity contribution is 5.84. The maximum Gasteiger partial charge on any atom is 0.128 e. The Bertz CT molecular complexity index is 506. The van der Waals surface area contributed by atoms with Crippen LogP contribution in [0.4, 0.5) is 0 Å². The van der Waals surface area contributed by atoms with E-state index in [1.54, 1.807) is 0 Å². The molecular weight excluding hydrogens is 236 g/mol. The summed E-state index contributed by atoms with van der Waals surface area (Å²) in [5.41, 5.74) is 0.987. The predicted molar refractivity (Wildman–Crippen MR) is 79.6 cm³/mol. The Morgan fingerprint density at radius 1 is 1.16 bits per heavy atom. The summed E-state index contributed by atoms with van der Waals surface area (Å²) in [5.74, 6) is 0.933. The number of rotatable bonds is 7. The number of benzene rings is 1. The van der Waals surface area contributed by atoms with Crippen LogP contribution in [-0.2, 0) is 0 Å². The van der Waals surface area contributed by atoms with Crippen LogP contribution in [0.2, 0.25) is 0 Å². The van der Waals surface area contributed by atoms with E-state index in [1.807, 2.05) is 30.5 Å². The van der Waals surface area contributed by atoms with Crippen molar-refractivity contribution in [2.45, 2.75) is 32.7 Å². The lowest BCUT2D eigenvalue weighted by molar-refractivity contribution is 0.308. The van der Waals surface area contributed by atoms with E-state index >= 15 is 0 Å². The fourth-order valence-corrected chi connectivity index (χ4v) is 2.00. The van der Waals surface area contributed by atoms with Gasteiger partial charge in [-0.2, -0.15) is 0 Å². The van der Waals surface area contributed by atoms with Gasteiger partial charge in [0.1, 0.15) is 5.75 Å². The molecule has 0 fully saturated rings. The Morgan fingerprint density at radius 2 is 2.05 bits per heavy atom. The van der Waals surface area contributed by atoms with Crippen LogP contribution in [-0.4, -0.2) is 24.2 Å². The van der Waals surface area contributed by atoms with Crippen LogP contribution in [0.15, 0.2) is 36.5 Å². The monoisotopic (exact) mass is 258 g/mol. The second-order valence-corrected chi connectivity index (χ2v) is 4.99. The van der Waals surface area contributed by atoms with Crippen molar-refractivity contribution in [3.63, 3.8) is 0 Å². The topological polar surface area (TPSA) is 34.1 Å². The SMILES string of the molecule is CC(C)NCCCCOc1cccc2ncccc12. The number of fused-ring (bicyclic) bond motifs is 1. The summed E-state index contributed by atoms with van der Waals surface area (Å²) in [7, 11) is 0. The Hall–Kier alpha value is -1.61. The molecule has 0 bridgehead atoms. The van der Waals surface area contributed by atoms with E-state index in [4.69, 9.17) is 4.74 Å². The van der Waals surface area contributed by atoms with Gasteiger partial charge in [-0.3, -0.25) is 4.98 Å². The molecule has 19 heavy (non-hydrogen) atoms. The summed E-state index contributed by atoms with van der Waals surface area (Å²) in [5, 5.41) is 4.50. The smallest absolute Gasteiger partial charge is 0.128 e. The zero-order valence-electron chi connectivity index (χ0n) is 11.7. The normalized spacial score (nSPS) is 11.1. The average Bonchev–Trinajstić information content (AvgIpc) is 2.42. The largest absolute Gasteiger partial charge is 0.493 e. The molecule has 0 aliphatic heterocycles. The van der Waals surface area contributed by atoms with Gasteiger partial charge in [0.25, 0.3) is 0 Å². The average molecular weight is 258 g/mol. The van der Waals surface area contributed by atoms with E-state index in [2.05, 4.69) is 30.2 Å². The molecule has 0 unspecified atom stereocenters. The first-order valence-electron chi connectivity index (χ1n) is 6.97. The van der Waals surface area contributed by atoms with Gasteiger partial charge in [0.05, 0.1) is 12.1 Å². The van der Waals surface area contributed by atoms with Crippen molar-refractivity contribution in [3.8, 4) is 5.75 Å². The van der Waals surface area contributed by atoms with Gasteiger partial charge in [0.15, 0.2) is 0 Å². The van der Waals surface area contributed by atoms with Gasteiger partial charge >= 0.3 is 0 Å². The van der Waals surface area contributed by atoms with Crippen molar-refractivity contribution < 1.29 is 4.74 Å². The second kappa shape index (κ2) is 7.10. The fourth-order valence-electron chi connectivity index (χ4n) is 2.00. The first kappa shape index (κ1) is 13.8. The number of hydrogen-bond acceptors (Lipinski definition) is 3. The van der Waals surface area contributed by atoms with Gasteiger partial charge in [-0.25, -0.2) is 0 Å². The minimum absolute atomic E-state index is 0.560. The molecule has 102 valence electrons. The van der Waals surface area contributed by atoms with Crippen LogP contribution in [0, 0.1) is 0 Å². The van der Waals surface area contributed by atoms with Gasteiger partial charge in [-0.05, 0) is 43.7 Å². The highest BCUT2D eigenvalue weighted by Crippen LogP contribution is 2.23. The lowest BCUT2D eigenvalue weighted by atomic mass is 10.2. The molecule has 0 saturated heterocycles. The standard InChI is InChI=1S/C16H22N2O/c1-13(2)17-10-3-4-12-19-16-9-5-8-15-14(16)7-6-11-18-15/h5-9,11,13,17H,3-4,10,12H2,1-2H3. The molecule has 1 aromatic heterocycles.